The molecule has 6 heavy (non-hydrogen) atoms. The van der Waals surface area contributed by atoms with Crippen molar-refractivity contribution in [1.82, 2.24) is 0 Å². The van der Waals surface area contributed by atoms with Crippen molar-refractivity contribution < 1.29 is 22.1 Å². The summed E-state index contributed by atoms with van der Waals surface area (Å²) in [6.45, 7) is 0. The standard InChI is InChI=1S/C2H6S.2ClH.Hg/c1-3-2;;;/h1-2H3;2*1H;/q;;;+2/p-2. The van der Waals surface area contributed by atoms with Crippen LogP contribution in [0.5, 0.6) is 0 Å². The van der Waals surface area contributed by atoms with Crippen molar-refractivity contribution in [1.29, 1.82) is 0 Å². The SMILES string of the molecule is CSC.[Cl][Hg][Cl]. The number of hydrogen-bond acceptors (Lipinski definition) is 1. The molecule has 0 nitrogen and oxygen atoms in total. The Morgan fingerprint density at radius 2 is 1.33 bits per heavy atom. The Morgan fingerprint density at radius 1 is 1.33 bits per heavy atom. The van der Waals surface area contributed by atoms with Gasteiger partial charge >= 0.3 is 38.6 Å². The van der Waals surface area contributed by atoms with Crippen LogP contribution in [-0.4, -0.2) is 12.5 Å². The summed E-state index contributed by atoms with van der Waals surface area (Å²) in [5.74, 6) is 0. The molecule has 0 bridgehead atoms. The fourth-order valence-corrected chi connectivity index (χ4v) is 0. The molecule has 0 aromatic heterocycles. The van der Waals surface area contributed by atoms with Gasteiger partial charge in [-0.15, -0.1) is 0 Å². The van der Waals surface area contributed by atoms with Gasteiger partial charge in [0.2, 0.25) is 0 Å². The maximum absolute atomic E-state index is 4.99. The maximum atomic E-state index is 4.99. The summed E-state index contributed by atoms with van der Waals surface area (Å²) in [5, 5.41) is 0. The van der Waals surface area contributed by atoms with Crippen LogP contribution in [0.1, 0.15) is 0 Å². The van der Waals surface area contributed by atoms with E-state index in [0.29, 0.717) is 0 Å². The molecule has 4 heteroatoms. The Hall–Kier alpha value is 1.87. The Bertz CT molecular complexity index is 13.5. The van der Waals surface area contributed by atoms with Gasteiger partial charge in [0.05, 0.1) is 0 Å². The molecule has 36 valence electrons. The molecule has 0 N–H and O–H groups in total. The normalized spacial score (nSPS) is 4.67. The zero-order valence-electron chi connectivity index (χ0n) is 3.87. The first kappa shape index (κ1) is 10.8. The summed E-state index contributed by atoms with van der Waals surface area (Å²) in [6, 6.07) is 0. The fourth-order valence-electron chi connectivity index (χ4n) is 0. The van der Waals surface area contributed by atoms with Gasteiger partial charge in [0.15, 0.2) is 0 Å². The van der Waals surface area contributed by atoms with Crippen LogP contribution in [0.4, 0.5) is 0 Å². The third-order valence-electron chi connectivity index (χ3n) is 0. The van der Waals surface area contributed by atoms with E-state index >= 15 is 0 Å². The van der Waals surface area contributed by atoms with Crippen LogP contribution >= 0.6 is 28.3 Å². The quantitative estimate of drug-likeness (QED) is 0.613. The van der Waals surface area contributed by atoms with Crippen molar-refractivity contribution in [3.63, 3.8) is 0 Å². The molecular weight excluding hydrogens is 328 g/mol. The van der Waals surface area contributed by atoms with Gasteiger partial charge < -0.3 is 0 Å². The first-order valence-corrected chi connectivity index (χ1v) is 16.5. The van der Waals surface area contributed by atoms with E-state index in [0.717, 1.165) is 0 Å². The molecule has 0 aromatic rings. The van der Waals surface area contributed by atoms with Gasteiger partial charge in [0, 0.05) is 0 Å². The monoisotopic (exact) mass is 334 g/mol. The molecule has 0 aliphatic rings. The average Bonchev–Trinajstić information content (AvgIpc) is 1.39. The van der Waals surface area contributed by atoms with Gasteiger partial charge in [-0.1, -0.05) is 0 Å². The minimum absolute atomic E-state index is 1.14. The summed E-state index contributed by atoms with van der Waals surface area (Å²) in [4.78, 5) is 0. The Balaban J connectivity index is 0. The predicted molar refractivity (Wildman–Crippen MR) is 31.1 cm³/mol. The first-order valence-electron chi connectivity index (χ1n) is 1.35. The van der Waals surface area contributed by atoms with Crippen LogP contribution in [0.3, 0.4) is 0 Å². The van der Waals surface area contributed by atoms with Crippen molar-refractivity contribution >= 4 is 28.3 Å². The van der Waals surface area contributed by atoms with E-state index in [2.05, 4.69) is 0 Å². The second kappa shape index (κ2) is 15.8. The van der Waals surface area contributed by atoms with E-state index in [4.69, 9.17) is 16.5 Å². The zero-order valence-corrected chi connectivity index (χ0v) is 11.7. The second-order valence-corrected chi connectivity index (χ2v) is 9.20. The summed E-state index contributed by atoms with van der Waals surface area (Å²) < 4.78 is 0. The van der Waals surface area contributed by atoms with Crippen molar-refractivity contribution in [3.05, 3.63) is 0 Å². The van der Waals surface area contributed by atoms with Crippen LogP contribution in [0.2, 0.25) is 0 Å². The molecule has 0 radical (unpaired) electrons. The molecule has 0 fully saturated rings. The Labute approximate surface area is 62.3 Å². The van der Waals surface area contributed by atoms with E-state index in [9.17, 15) is 0 Å². The van der Waals surface area contributed by atoms with E-state index in [1.165, 1.54) is 0 Å². The summed E-state index contributed by atoms with van der Waals surface area (Å²) in [7, 11) is 9.97. The number of rotatable bonds is 0. The Morgan fingerprint density at radius 3 is 1.33 bits per heavy atom. The number of hydrogen-bond donors (Lipinski definition) is 0. The van der Waals surface area contributed by atoms with Gasteiger partial charge in [0.25, 0.3) is 0 Å². The molecule has 0 unspecified atom stereocenters. The second-order valence-electron chi connectivity index (χ2n) is 0.509. The molecule has 0 saturated heterocycles. The van der Waals surface area contributed by atoms with Crippen LogP contribution in [0, 0.1) is 0 Å². The third kappa shape index (κ3) is 39.9. The van der Waals surface area contributed by atoms with Gasteiger partial charge in [-0.3, -0.25) is 0 Å². The fraction of sp³-hybridized carbons (Fsp3) is 1.00. The zero-order chi connectivity index (χ0) is 5.41. The van der Waals surface area contributed by atoms with Crippen LogP contribution < -0.4 is 0 Å². The number of thioether (sulfide) groups is 1. The van der Waals surface area contributed by atoms with Gasteiger partial charge in [0.1, 0.15) is 0 Å². The van der Waals surface area contributed by atoms with E-state index in [1.807, 2.05) is 12.5 Å². The van der Waals surface area contributed by atoms with E-state index in [1.54, 1.807) is 11.8 Å². The minimum atomic E-state index is -1.14. The molecule has 0 saturated carbocycles. The molecule has 0 aliphatic carbocycles. The topological polar surface area (TPSA) is 0 Å². The van der Waals surface area contributed by atoms with Gasteiger partial charge in [-0.05, 0) is 12.5 Å². The van der Waals surface area contributed by atoms with Crippen LogP contribution in [0.15, 0.2) is 0 Å². The van der Waals surface area contributed by atoms with Crippen molar-refractivity contribution in [2.75, 3.05) is 12.5 Å². The third-order valence-corrected chi connectivity index (χ3v) is 0. The first-order chi connectivity index (χ1) is 2.83. The van der Waals surface area contributed by atoms with E-state index < -0.39 is 22.1 Å². The van der Waals surface area contributed by atoms with Crippen LogP contribution in [0.25, 0.3) is 0 Å². The molecule has 0 rings (SSSR count). The summed E-state index contributed by atoms with van der Waals surface area (Å²) in [5.41, 5.74) is 0. The molecule has 0 spiro atoms. The van der Waals surface area contributed by atoms with Crippen molar-refractivity contribution in [3.8, 4) is 0 Å². The molecular formula is C2H6Cl2HgS. The molecule has 0 heterocycles. The molecule has 0 atom stereocenters. The van der Waals surface area contributed by atoms with Crippen LogP contribution in [-0.2, 0) is 22.1 Å². The predicted octanol–water partition coefficient (Wildman–Crippen LogP) is 2.36. The Kier molecular flexibility index (Phi) is 28.4. The average molecular weight is 334 g/mol. The summed E-state index contributed by atoms with van der Waals surface area (Å²) in [6.07, 6.45) is 4.08. The number of halogens is 2. The van der Waals surface area contributed by atoms with Gasteiger partial charge in [-0.2, -0.15) is 11.8 Å². The van der Waals surface area contributed by atoms with Crippen molar-refractivity contribution in [2.24, 2.45) is 0 Å². The molecule has 0 aromatic carbocycles. The van der Waals surface area contributed by atoms with Crippen molar-refractivity contribution in [2.45, 2.75) is 0 Å². The van der Waals surface area contributed by atoms with E-state index in [-0.39, 0.29) is 0 Å². The molecule has 0 amide bonds. The van der Waals surface area contributed by atoms with Gasteiger partial charge in [-0.25, -0.2) is 0 Å². The molecule has 0 aliphatic heterocycles. The summed E-state index contributed by atoms with van der Waals surface area (Å²) >= 11 is 0.611.